The Bertz CT molecular complexity index is 1340. The molecular formula is C25H21N5O. The molecule has 1 amide bonds. The Morgan fingerprint density at radius 1 is 1.16 bits per heavy atom. The zero-order valence-electron chi connectivity index (χ0n) is 17.3. The number of fused-ring (bicyclic) bond motifs is 1. The highest BCUT2D eigenvalue weighted by atomic mass is 16.1. The molecule has 0 radical (unpaired) electrons. The standard InChI is InChI=1S/C25H21N5O/c1-3-16-7-21(13-28-12-16)23-15-30-24-22(23)10-20(14-29-24)18-6-4-5-17(8-18)9-19(11-26)25(31)27-2/h4-10,12-15H,3H2,1-2H3,(H,27,31)(H,29,30)/b19-9+. The van der Waals surface area contributed by atoms with E-state index in [1.54, 1.807) is 6.08 Å². The molecule has 4 aromatic rings. The number of likely N-dealkylation sites (N-methyl/N-ethyl adjacent to an activating group) is 1. The van der Waals surface area contributed by atoms with E-state index in [1.807, 2.05) is 55.1 Å². The number of aromatic amines is 1. The average Bonchev–Trinajstić information content (AvgIpc) is 3.25. The Kier molecular flexibility index (Phi) is 5.59. The smallest absolute Gasteiger partial charge is 0.261 e. The van der Waals surface area contributed by atoms with Crippen molar-refractivity contribution in [3.63, 3.8) is 0 Å². The number of aromatic nitrogens is 3. The molecule has 4 rings (SSSR count). The van der Waals surface area contributed by atoms with E-state index in [2.05, 4.69) is 39.3 Å². The van der Waals surface area contributed by atoms with Crippen molar-refractivity contribution in [3.8, 4) is 28.3 Å². The summed E-state index contributed by atoms with van der Waals surface area (Å²) in [7, 11) is 1.50. The lowest BCUT2D eigenvalue weighted by Crippen LogP contribution is -2.19. The zero-order valence-corrected chi connectivity index (χ0v) is 17.3. The van der Waals surface area contributed by atoms with Gasteiger partial charge in [-0.05, 0) is 47.4 Å². The highest BCUT2D eigenvalue weighted by Gasteiger charge is 2.11. The van der Waals surface area contributed by atoms with Gasteiger partial charge in [-0.2, -0.15) is 5.26 Å². The first-order valence-electron chi connectivity index (χ1n) is 9.98. The summed E-state index contributed by atoms with van der Waals surface area (Å²) in [5.41, 5.74) is 6.81. The van der Waals surface area contributed by atoms with Crippen LogP contribution in [0.15, 0.2) is 66.8 Å². The van der Waals surface area contributed by atoms with E-state index in [-0.39, 0.29) is 5.57 Å². The van der Waals surface area contributed by atoms with Gasteiger partial charge in [-0.3, -0.25) is 9.78 Å². The summed E-state index contributed by atoms with van der Waals surface area (Å²) in [6, 6.07) is 13.9. The number of amides is 1. The Balaban J connectivity index is 1.77. The van der Waals surface area contributed by atoms with Crippen LogP contribution in [0.5, 0.6) is 0 Å². The van der Waals surface area contributed by atoms with E-state index >= 15 is 0 Å². The van der Waals surface area contributed by atoms with Crippen LogP contribution in [0, 0.1) is 11.3 Å². The van der Waals surface area contributed by atoms with Gasteiger partial charge in [0.05, 0.1) is 0 Å². The predicted molar refractivity (Wildman–Crippen MR) is 122 cm³/mol. The number of nitrogens with zero attached hydrogens (tertiary/aromatic N) is 3. The van der Waals surface area contributed by atoms with Crippen LogP contribution in [0.25, 0.3) is 39.4 Å². The van der Waals surface area contributed by atoms with Crippen LogP contribution in [0.4, 0.5) is 0 Å². The number of pyridine rings is 2. The molecule has 31 heavy (non-hydrogen) atoms. The fraction of sp³-hybridized carbons (Fsp3) is 0.120. The summed E-state index contributed by atoms with van der Waals surface area (Å²) >= 11 is 0. The number of hydrogen-bond acceptors (Lipinski definition) is 4. The molecule has 0 unspecified atom stereocenters. The van der Waals surface area contributed by atoms with Gasteiger partial charge in [0.15, 0.2) is 0 Å². The molecule has 0 atom stereocenters. The number of rotatable bonds is 5. The van der Waals surface area contributed by atoms with Crippen molar-refractivity contribution >= 4 is 23.0 Å². The second-order valence-corrected chi connectivity index (χ2v) is 7.13. The summed E-state index contributed by atoms with van der Waals surface area (Å²) in [4.78, 5) is 24.0. The average molecular weight is 407 g/mol. The van der Waals surface area contributed by atoms with E-state index in [4.69, 9.17) is 0 Å². The largest absolute Gasteiger partial charge is 0.354 e. The minimum Gasteiger partial charge on any atom is -0.354 e. The molecule has 2 N–H and O–H groups in total. The zero-order chi connectivity index (χ0) is 21.8. The molecule has 0 aliphatic rings. The molecule has 3 heterocycles. The quantitative estimate of drug-likeness (QED) is 0.376. The Hall–Kier alpha value is -4.24. The second kappa shape index (κ2) is 8.64. The number of nitrogens with one attached hydrogen (secondary N) is 2. The van der Waals surface area contributed by atoms with Gasteiger partial charge in [-0.1, -0.05) is 25.1 Å². The molecule has 6 nitrogen and oxygen atoms in total. The number of nitriles is 1. The third-order valence-corrected chi connectivity index (χ3v) is 5.17. The Morgan fingerprint density at radius 3 is 2.81 bits per heavy atom. The Labute approximate surface area is 180 Å². The summed E-state index contributed by atoms with van der Waals surface area (Å²) in [5, 5.41) is 12.7. The molecule has 152 valence electrons. The van der Waals surface area contributed by atoms with Gasteiger partial charge < -0.3 is 10.3 Å². The summed E-state index contributed by atoms with van der Waals surface area (Å²) in [6.07, 6.45) is 10.0. The molecule has 1 aromatic carbocycles. The van der Waals surface area contributed by atoms with Crippen molar-refractivity contribution in [1.82, 2.24) is 20.3 Å². The van der Waals surface area contributed by atoms with E-state index in [1.165, 1.54) is 12.6 Å². The van der Waals surface area contributed by atoms with Crippen LogP contribution in [-0.4, -0.2) is 27.9 Å². The predicted octanol–water partition coefficient (Wildman–Crippen LogP) is 4.51. The van der Waals surface area contributed by atoms with Crippen LogP contribution < -0.4 is 5.32 Å². The molecule has 3 aromatic heterocycles. The van der Waals surface area contributed by atoms with Gasteiger partial charge in [-0.15, -0.1) is 0 Å². The van der Waals surface area contributed by atoms with E-state index in [0.717, 1.165) is 45.3 Å². The SMILES string of the molecule is CCc1cncc(-c2c[nH]c3ncc(-c4cccc(/C=C(\C#N)C(=O)NC)c4)cc23)c1. The lowest BCUT2D eigenvalue weighted by Gasteiger charge is -2.06. The molecular weight excluding hydrogens is 386 g/mol. The third-order valence-electron chi connectivity index (χ3n) is 5.17. The first-order chi connectivity index (χ1) is 15.1. The van der Waals surface area contributed by atoms with Crippen molar-refractivity contribution < 1.29 is 4.79 Å². The van der Waals surface area contributed by atoms with Crippen LogP contribution in [-0.2, 0) is 11.2 Å². The third kappa shape index (κ3) is 4.07. The summed E-state index contributed by atoms with van der Waals surface area (Å²) < 4.78 is 0. The van der Waals surface area contributed by atoms with Gasteiger partial charge in [0.25, 0.3) is 5.91 Å². The maximum Gasteiger partial charge on any atom is 0.261 e. The van der Waals surface area contributed by atoms with Crippen LogP contribution in [0.3, 0.4) is 0 Å². The number of carbonyl (C=O) groups is 1. The number of benzene rings is 1. The van der Waals surface area contributed by atoms with E-state index in [9.17, 15) is 10.1 Å². The van der Waals surface area contributed by atoms with Gasteiger partial charge in [0.1, 0.15) is 17.3 Å². The van der Waals surface area contributed by atoms with Gasteiger partial charge in [0.2, 0.25) is 0 Å². The van der Waals surface area contributed by atoms with E-state index in [0.29, 0.717) is 0 Å². The highest BCUT2D eigenvalue weighted by molar-refractivity contribution is 6.01. The van der Waals surface area contributed by atoms with Gasteiger partial charge >= 0.3 is 0 Å². The number of aryl methyl sites for hydroxylation is 1. The molecule has 0 saturated carbocycles. The lowest BCUT2D eigenvalue weighted by atomic mass is 10.0. The highest BCUT2D eigenvalue weighted by Crippen LogP contribution is 2.31. The molecule has 0 fully saturated rings. The van der Waals surface area contributed by atoms with E-state index < -0.39 is 5.91 Å². The van der Waals surface area contributed by atoms with Crippen molar-refractivity contribution in [2.75, 3.05) is 7.05 Å². The minimum absolute atomic E-state index is 0.0597. The lowest BCUT2D eigenvalue weighted by molar-refractivity contribution is -0.116. The van der Waals surface area contributed by atoms with Gasteiger partial charge in [0, 0.05) is 53.9 Å². The van der Waals surface area contributed by atoms with Crippen molar-refractivity contribution in [1.29, 1.82) is 5.26 Å². The second-order valence-electron chi connectivity index (χ2n) is 7.13. The monoisotopic (exact) mass is 407 g/mol. The number of hydrogen-bond donors (Lipinski definition) is 2. The van der Waals surface area contributed by atoms with Crippen LogP contribution >= 0.6 is 0 Å². The fourth-order valence-corrected chi connectivity index (χ4v) is 3.49. The molecule has 0 saturated heterocycles. The molecule has 0 bridgehead atoms. The first kappa shape index (κ1) is 20.0. The van der Waals surface area contributed by atoms with Gasteiger partial charge in [-0.25, -0.2) is 4.98 Å². The minimum atomic E-state index is -0.407. The van der Waals surface area contributed by atoms with Crippen LogP contribution in [0.2, 0.25) is 0 Å². The topological polar surface area (TPSA) is 94.5 Å². The van der Waals surface area contributed by atoms with Crippen molar-refractivity contribution in [3.05, 3.63) is 77.9 Å². The summed E-state index contributed by atoms with van der Waals surface area (Å²) in [6.45, 7) is 2.11. The van der Waals surface area contributed by atoms with Crippen molar-refractivity contribution in [2.24, 2.45) is 0 Å². The fourth-order valence-electron chi connectivity index (χ4n) is 3.49. The number of carbonyl (C=O) groups excluding carboxylic acids is 1. The first-order valence-corrected chi connectivity index (χ1v) is 9.98. The Morgan fingerprint density at radius 2 is 2.03 bits per heavy atom. The maximum atomic E-state index is 11.8. The van der Waals surface area contributed by atoms with Crippen molar-refractivity contribution in [2.45, 2.75) is 13.3 Å². The number of H-pyrrole nitrogens is 1. The maximum absolute atomic E-state index is 11.8. The molecule has 6 heteroatoms. The normalized spacial score (nSPS) is 11.3. The molecule has 0 aliphatic heterocycles. The molecule has 0 spiro atoms. The molecule has 0 aliphatic carbocycles. The summed E-state index contributed by atoms with van der Waals surface area (Å²) in [5.74, 6) is -0.407. The van der Waals surface area contributed by atoms with Crippen LogP contribution in [0.1, 0.15) is 18.1 Å².